The van der Waals surface area contributed by atoms with E-state index >= 15 is 0 Å². The molecule has 0 radical (unpaired) electrons. The average molecular weight is 227 g/mol. The second-order valence-corrected chi connectivity index (χ2v) is 4.95. The van der Waals surface area contributed by atoms with Crippen LogP contribution in [0.5, 0.6) is 0 Å². The lowest BCUT2D eigenvalue weighted by atomic mass is 10.3. The molecular formula is C10H11ClN2S. The number of nitrogens with zero attached hydrogens (tertiary/aromatic N) is 1. The number of hydrogen-bond acceptors (Lipinski definition) is 3. The maximum absolute atomic E-state index is 5.87. The molecule has 1 heterocycles. The summed E-state index contributed by atoms with van der Waals surface area (Å²) in [7, 11) is 0. The van der Waals surface area contributed by atoms with Crippen molar-refractivity contribution in [2.45, 2.75) is 19.4 Å². The fourth-order valence-corrected chi connectivity index (χ4v) is 2.57. The Morgan fingerprint density at radius 1 is 1.57 bits per heavy atom. The van der Waals surface area contributed by atoms with Gasteiger partial charge in [0.05, 0.1) is 15.2 Å². The number of fused-ring (bicyclic) bond motifs is 1. The molecule has 1 unspecified atom stereocenters. The normalized spacial score (nSPS) is 13.4. The number of nitrogens with two attached hydrogens (primary N) is 1. The Labute approximate surface area is 91.7 Å². The van der Waals surface area contributed by atoms with Gasteiger partial charge in [-0.2, -0.15) is 0 Å². The summed E-state index contributed by atoms with van der Waals surface area (Å²) in [6, 6.07) is 5.93. The number of benzene rings is 1. The molecule has 2 nitrogen and oxygen atoms in total. The number of thiazole rings is 1. The highest BCUT2D eigenvalue weighted by atomic mass is 35.5. The third-order valence-electron chi connectivity index (χ3n) is 1.89. The van der Waals surface area contributed by atoms with Crippen LogP contribution in [0.1, 0.15) is 11.9 Å². The predicted molar refractivity (Wildman–Crippen MR) is 62.0 cm³/mol. The van der Waals surface area contributed by atoms with E-state index in [9.17, 15) is 0 Å². The SMILES string of the molecule is CC(N)Cc1nc2cc(Cl)ccc2s1. The minimum Gasteiger partial charge on any atom is -0.328 e. The van der Waals surface area contributed by atoms with E-state index in [2.05, 4.69) is 4.98 Å². The highest BCUT2D eigenvalue weighted by molar-refractivity contribution is 7.18. The van der Waals surface area contributed by atoms with Gasteiger partial charge in [-0.15, -0.1) is 11.3 Å². The van der Waals surface area contributed by atoms with Crippen molar-refractivity contribution in [2.24, 2.45) is 5.73 Å². The van der Waals surface area contributed by atoms with Crippen molar-refractivity contribution in [1.82, 2.24) is 4.98 Å². The third kappa shape index (κ3) is 2.05. The molecule has 2 N–H and O–H groups in total. The van der Waals surface area contributed by atoms with E-state index in [1.165, 1.54) is 4.70 Å². The quantitative estimate of drug-likeness (QED) is 0.855. The van der Waals surface area contributed by atoms with Crippen molar-refractivity contribution in [3.63, 3.8) is 0 Å². The lowest BCUT2D eigenvalue weighted by molar-refractivity contribution is 0.735. The molecule has 14 heavy (non-hydrogen) atoms. The Morgan fingerprint density at radius 2 is 2.36 bits per heavy atom. The maximum Gasteiger partial charge on any atom is 0.0953 e. The van der Waals surface area contributed by atoms with Gasteiger partial charge < -0.3 is 5.73 Å². The summed E-state index contributed by atoms with van der Waals surface area (Å²) < 4.78 is 1.17. The van der Waals surface area contributed by atoms with E-state index < -0.39 is 0 Å². The van der Waals surface area contributed by atoms with Crippen LogP contribution in [0.2, 0.25) is 5.02 Å². The molecule has 4 heteroatoms. The molecule has 0 saturated carbocycles. The van der Waals surface area contributed by atoms with Crippen LogP contribution in [0.4, 0.5) is 0 Å². The largest absolute Gasteiger partial charge is 0.328 e. The Hall–Kier alpha value is -0.640. The number of halogens is 1. The fourth-order valence-electron chi connectivity index (χ4n) is 1.31. The fraction of sp³-hybridized carbons (Fsp3) is 0.300. The molecule has 1 atom stereocenters. The van der Waals surface area contributed by atoms with Crippen molar-refractivity contribution >= 4 is 33.2 Å². The van der Waals surface area contributed by atoms with Crippen LogP contribution < -0.4 is 5.73 Å². The zero-order chi connectivity index (χ0) is 10.1. The Bertz CT molecular complexity index is 450. The number of rotatable bonds is 2. The summed E-state index contributed by atoms with van der Waals surface area (Å²) in [4.78, 5) is 4.47. The zero-order valence-corrected chi connectivity index (χ0v) is 9.40. The van der Waals surface area contributed by atoms with E-state index in [1.807, 2.05) is 25.1 Å². The number of aromatic nitrogens is 1. The molecule has 0 saturated heterocycles. The molecule has 0 amide bonds. The van der Waals surface area contributed by atoms with Gasteiger partial charge in [0, 0.05) is 17.5 Å². The van der Waals surface area contributed by atoms with Crippen LogP contribution in [0, 0.1) is 0 Å². The molecular weight excluding hydrogens is 216 g/mol. The molecule has 0 aliphatic heterocycles. The van der Waals surface area contributed by atoms with Gasteiger partial charge in [-0.05, 0) is 25.1 Å². The van der Waals surface area contributed by atoms with Gasteiger partial charge in [0.15, 0.2) is 0 Å². The summed E-state index contributed by atoms with van der Waals surface area (Å²) >= 11 is 7.56. The van der Waals surface area contributed by atoms with Crippen LogP contribution >= 0.6 is 22.9 Å². The molecule has 0 aliphatic carbocycles. The first-order valence-electron chi connectivity index (χ1n) is 4.45. The topological polar surface area (TPSA) is 38.9 Å². The predicted octanol–water partition coefficient (Wildman–Crippen LogP) is 2.84. The van der Waals surface area contributed by atoms with E-state index in [1.54, 1.807) is 11.3 Å². The Morgan fingerprint density at radius 3 is 3.07 bits per heavy atom. The first kappa shape index (κ1) is 9.90. The van der Waals surface area contributed by atoms with Gasteiger partial charge in [-0.25, -0.2) is 4.98 Å². The second kappa shape index (κ2) is 3.85. The van der Waals surface area contributed by atoms with Crippen molar-refractivity contribution in [1.29, 1.82) is 0 Å². The van der Waals surface area contributed by atoms with Gasteiger partial charge in [-0.3, -0.25) is 0 Å². The second-order valence-electron chi connectivity index (χ2n) is 3.40. The lowest BCUT2D eigenvalue weighted by Crippen LogP contribution is -2.17. The first-order valence-corrected chi connectivity index (χ1v) is 5.65. The minimum atomic E-state index is 0.158. The Kier molecular flexibility index (Phi) is 2.72. The van der Waals surface area contributed by atoms with E-state index in [0.29, 0.717) is 0 Å². The highest BCUT2D eigenvalue weighted by Gasteiger charge is 2.05. The molecule has 0 bridgehead atoms. The average Bonchev–Trinajstić information content (AvgIpc) is 2.44. The molecule has 74 valence electrons. The van der Waals surface area contributed by atoms with Gasteiger partial charge in [0.2, 0.25) is 0 Å². The minimum absolute atomic E-state index is 0.158. The smallest absolute Gasteiger partial charge is 0.0953 e. The van der Waals surface area contributed by atoms with Gasteiger partial charge in [-0.1, -0.05) is 11.6 Å². The maximum atomic E-state index is 5.87. The van der Waals surface area contributed by atoms with Crippen molar-refractivity contribution in [3.8, 4) is 0 Å². The molecule has 0 spiro atoms. The molecule has 1 aromatic heterocycles. The highest BCUT2D eigenvalue weighted by Crippen LogP contribution is 2.25. The van der Waals surface area contributed by atoms with Crippen molar-refractivity contribution < 1.29 is 0 Å². The van der Waals surface area contributed by atoms with E-state index in [0.717, 1.165) is 22.0 Å². The van der Waals surface area contributed by atoms with Crippen LogP contribution in [-0.2, 0) is 6.42 Å². The summed E-state index contributed by atoms with van der Waals surface area (Å²) in [5, 5.41) is 1.81. The van der Waals surface area contributed by atoms with Crippen molar-refractivity contribution in [3.05, 3.63) is 28.2 Å². The van der Waals surface area contributed by atoms with Crippen LogP contribution in [0.3, 0.4) is 0 Å². The zero-order valence-electron chi connectivity index (χ0n) is 7.83. The van der Waals surface area contributed by atoms with E-state index in [-0.39, 0.29) is 6.04 Å². The summed E-state index contributed by atoms with van der Waals surface area (Å²) in [5.41, 5.74) is 6.69. The van der Waals surface area contributed by atoms with Crippen LogP contribution in [0.25, 0.3) is 10.2 Å². The molecule has 2 aromatic rings. The van der Waals surface area contributed by atoms with Crippen LogP contribution in [-0.4, -0.2) is 11.0 Å². The Balaban J connectivity index is 2.41. The van der Waals surface area contributed by atoms with E-state index in [4.69, 9.17) is 17.3 Å². The summed E-state index contributed by atoms with van der Waals surface area (Å²) in [5.74, 6) is 0. The van der Waals surface area contributed by atoms with Crippen LogP contribution in [0.15, 0.2) is 18.2 Å². The third-order valence-corrected chi connectivity index (χ3v) is 3.18. The monoisotopic (exact) mass is 226 g/mol. The van der Waals surface area contributed by atoms with Gasteiger partial charge in [0.1, 0.15) is 0 Å². The molecule has 1 aromatic carbocycles. The van der Waals surface area contributed by atoms with Crippen molar-refractivity contribution in [2.75, 3.05) is 0 Å². The van der Waals surface area contributed by atoms with Gasteiger partial charge in [0.25, 0.3) is 0 Å². The molecule has 0 fully saturated rings. The summed E-state index contributed by atoms with van der Waals surface area (Å²) in [6.45, 7) is 1.99. The number of hydrogen-bond donors (Lipinski definition) is 1. The molecule has 2 rings (SSSR count). The molecule has 0 aliphatic rings. The first-order chi connectivity index (χ1) is 6.65. The standard InChI is InChI=1S/C10H11ClN2S/c1-6(12)4-10-13-8-5-7(11)2-3-9(8)14-10/h2-3,5-6H,4,12H2,1H3. The van der Waals surface area contributed by atoms with Gasteiger partial charge >= 0.3 is 0 Å². The summed E-state index contributed by atoms with van der Waals surface area (Å²) in [6.07, 6.45) is 0.830. The lowest BCUT2D eigenvalue weighted by Gasteiger charge is -1.98.